The van der Waals surface area contributed by atoms with Gasteiger partial charge in [-0.15, -0.1) is 11.8 Å². The normalized spacial score (nSPS) is 13.2. The number of thioether (sulfide) groups is 1. The summed E-state index contributed by atoms with van der Waals surface area (Å²) in [5, 5.41) is 1.98. The Kier molecular flexibility index (Phi) is 3.83. The first-order valence-electron chi connectivity index (χ1n) is 4.42. The summed E-state index contributed by atoms with van der Waals surface area (Å²) in [5.74, 6) is 0. The van der Waals surface area contributed by atoms with Crippen molar-refractivity contribution in [1.82, 2.24) is 4.98 Å². The van der Waals surface area contributed by atoms with Gasteiger partial charge in [0, 0.05) is 26.1 Å². The average molecular weight is 383 g/mol. The molecule has 0 saturated heterocycles. The highest BCUT2D eigenvalue weighted by Crippen LogP contribution is 2.37. The molecule has 0 aliphatic rings. The molecule has 0 aliphatic heterocycles. The molecule has 0 saturated carbocycles. The quantitative estimate of drug-likeness (QED) is 0.791. The van der Waals surface area contributed by atoms with E-state index in [1.807, 2.05) is 18.4 Å². The SMILES string of the molecule is CSc1[nH]c2cc(Br)cc(Br)c2c1S(C)=O. The van der Waals surface area contributed by atoms with Crippen molar-refractivity contribution >= 4 is 65.3 Å². The third kappa shape index (κ3) is 2.12. The van der Waals surface area contributed by atoms with Gasteiger partial charge in [0.2, 0.25) is 0 Å². The molecule has 1 unspecified atom stereocenters. The van der Waals surface area contributed by atoms with Gasteiger partial charge in [-0.3, -0.25) is 4.21 Å². The lowest BCUT2D eigenvalue weighted by atomic mass is 10.2. The summed E-state index contributed by atoms with van der Waals surface area (Å²) < 4.78 is 13.7. The number of benzene rings is 1. The van der Waals surface area contributed by atoms with Crippen LogP contribution in [0.15, 0.2) is 31.0 Å². The van der Waals surface area contributed by atoms with E-state index < -0.39 is 10.8 Å². The molecule has 2 rings (SSSR count). The van der Waals surface area contributed by atoms with Crippen molar-refractivity contribution in [2.45, 2.75) is 9.92 Å². The molecule has 2 aromatic rings. The summed E-state index contributed by atoms with van der Waals surface area (Å²) >= 11 is 8.54. The molecule has 1 aromatic heterocycles. The van der Waals surface area contributed by atoms with Crippen molar-refractivity contribution in [3.8, 4) is 0 Å². The average Bonchev–Trinajstić information content (AvgIpc) is 2.55. The van der Waals surface area contributed by atoms with Crippen LogP contribution in [0.1, 0.15) is 0 Å². The molecule has 0 spiro atoms. The van der Waals surface area contributed by atoms with Crippen LogP contribution in [0.3, 0.4) is 0 Å². The molecule has 16 heavy (non-hydrogen) atoms. The summed E-state index contributed by atoms with van der Waals surface area (Å²) in [4.78, 5) is 4.16. The third-order valence-corrected chi connectivity index (χ3v) is 5.14. The molecule has 0 radical (unpaired) electrons. The van der Waals surface area contributed by atoms with E-state index in [-0.39, 0.29) is 0 Å². The van der Waals surface area contributed by atoms with Gasteiger partial charge >= 0.3 is 0 Å². The fourth-order valence-electron chi connectivity index (χ4n) is 1.61. The highest BCUT2D eigenvalue weighted by molar-refractivity contribution is 9.11. The zero-order valence-corrected chi connectivity index (χ0v) is 13.4. The van der Waals surface area contributed by atoms with Crippen LogP contribution >= 0.6 is 43.6 Å². The van der Waals surface area contributed by atoms with Crippen molar-refractivity contribution in [3.05, 3.63) is 21.1 Å². The van der Waals surface area contributed by atoms with Gasteiger partial charge < -0.3 is 4.98 Å². The zero-order chi connectivity index (χ0) is 11.9. The molecule has 1 heterocycles. The molecule has 0 bridgehead atoms. The lowest BCUT2D eigenvalue weighted by molar-refractivity contribution is 0.686. The van der Waals surface area contributed by atoms with Gasteiger partial charge in [0.25, 0.3) is 0 Å². The zero-order valence-electron chi connectivity index (χ0n) is 8.64. The number of H-pyrrole nitrogens is 1. The Morgan fingerprint density at radius 2 is 2.06 bits per heavy atom. The second kappa shape index (κ2) is 4.84. The van der Waals surface area contributed by atoms with Gasteiger partial charge in [-0.2, -0.15) is 0 Å². The Balaban J connectivity index is 2.90. The molecule has 1 N–H and O–H groups in total. The lowest BCUT2D eigenvalue weighted by Crippen LogP contribution is -1.88. The fraction of sp³-hybridized carbons (Fsp3) is 0.200. The molecule has 0 amide bonds. The number of hydrogen-bond acceptors (Lipinski definition) is 2. The van der Waals surface area contributed by atoms with E-state index in [0.717, 1.165) is 29.8 Å². The molecule has 86 valence electrons. The Bertz CT molecular complexity index is 580. The predicted octanol–water partition coefficient (Wildman–Crippen LogP) is 4.15. The van der Waals surface area contributed by atoms with E-state index >= 15 is 0 Å². The second-order valence-electron chi connectivity index (χ2n) is 3.25. The van der Waals surface area contributed by atoms with Gasteiger partial charge in [-0.1, -0.05) is 31.9 Å². The highest BCUT2D eigenvalue weighted by atomic mass is 79.9. The van der Waals surface area contributed by atoms with Crippen molar-refractivity contribution in [2.75, 3.05) is 12.5 Å². The number of fused-ring (bicyclic) bond motifs is 1. The van der Waals surface area contributed by atoms with E-state index in [9.17, 15) is 4.21 Å². The maximum Gasteiger partial charge on any atom is 0.0894 e. The van der Waals surface area contributed by atoms with Gasteiger partial charge in [0.1, 0.15) is 0 Å². The van der Waals surface area contributed by atoms with Crippen LogP contribution in [-0.4, -0.2) is 21.7 Å². The number of halogens is 2. The molecule has 0 fully saturated rings. The number of nitrogens with one attached hydrogen (secondary N) is 1. The Hall–Kier alpha value is 0.220. The minimum Gasteiger partial charge on any atom is -0.349 e. The Morgan fingerprint density at radius 3 is 2.62 bits per heavy atom. The van der Waals surface area contributed by atoms with E-state index in [1.165, 1.54) is 0 Å². The topological polar surface area (TPSA) is 32.9 Å². The van der Waals surface area contributed by atoms with Crippen LogP contribution in [-0.2, 0) is 10.8 Å². The van der Waals surface area contributed by atoms with Gasteiger partial charge in [-0.05, 0) is 18.4 Å². The monoisotopic (exact) mass is 381 g/mol. The Morgan fingerprint density at radius 1 is 1.38 bits per heavy atom. The molecule has 2 nitrogen and oxygen atoms in total. The third-order valence-electron chi connectivity index (χ3n) is 2.23. The van der Waals surface area contributed by atoms with E-state index in [4.69, 9.17) is 0 Å². The second-order valence-corrected chi connectivity index (χ2v) is 7.15. The predicted molar refractivity (Wildman–Crippen MR) is 77.8 cm³/mol. The van der Waals surface area contributed by atoms with E-state index in [0.29, 0.717) is 0 Å². The first kappa shape index (κ1) is 12.7. The standard InChI is InChI=1S/C10H9Br2NOS2/c1-15-10-9(16(2)14)8-6(12)3-5(11)4-7(8)13-10/h3-4,13H,1-2H3. The molecule has 1 aromatic carbocycles. The van der Waals surface area contributed by atoms with Crippen molar-refractivity contribution < 1.29 is 4.21 Å². The molecule has 1 atom stereocenters. The van der Waals surface area contributed by atoms with Gasteiger partial charge in [0.15, 0.2) is 0 Å². The minimum atomic E-state index is -0.998. The molecule has 6 heteroatoms. The van der Waals surface area contributed by atoms with Crippen molar-refractivity contribution in [1.29, 1.82) is 0 Å². The van der Waals surface area contributed by atoms with Crippen LogP contribution < -0.4 is 0 Å². The number of rotatable bonds is 2. The molecular weight excluding hydrogens is 374 g/mol. The fourth-order valence-corrected chi connectivity index (χ4v) is 5.09. The van der Waals surface area contributed by atoms with Crippen LogP contribution in [0, 0.1) is 0 Å². The van der Waals surface area contributed by atoms with Crippen LogP contribution in [0.25, 0.3) is 10.9 Å². The highest BCUT2D eigenvalue weighted by Gasteiger charge is 2.16. The smallest absolute Gasteiger partial charge is 0.0894 e. The van der Waals surface area contributed by atoms with Gasteiger partial charge in [-0.25, -0.2) is 0 Å². The van der Waals surface area contributed by atoms with Crippen molar-refractivity contribution in [2.24, 2.45) is 0 Å². The Labute approximate surface area is 117 Å². The van der Waals surface area contributed by atoms with Crippen LogP contribution in [0.5, 0.6) is 0 Å². The first-order valence-corrected chi connectivity index (χ1v) is 8.79. The maximum absolute atomic E-state index is 11.8. The van der Waals surface area contributed by atoms with Crippen LogP contribution in [0.4, 0.5) is 0 Å². The minimum absolute atomic E-state index is 0.877. The maximum atomic E-state index is 11.8. The lowest BCUT2D eigenvalue weighted by Gasteiger charge is -2.00. The van der Waals surface area contributed by atoms with Crippen LogP contribution in [0.2, 0.25) is 0 Å². The number of aromatic amines is 1. The first-order chi connectivity index (χ1) is 7.54. The summed E-state index contributed by atoms with van der Waals surface area (Å²) in [6, 6.07) is 3.97. The molecular formula is C10H9Br2NOS2. The van der Waals surface area contributed by atoms with Gasteiger partial charge in [0.05, 0.1) is 20.7 Å². The summed E-state index contributed by atoms with van der Waals surface area (Å²) in [6.45, 7) is 0. The number of hydrogen-bond donors (Lipinski definition) is 1. The summed E-state index contributed by atoms with van der Waals surface area (Å²) in [7, 11) is -0.998. The van der Waals surface area contributed by atoms with E-state index in [2.05, 4.69) is 36.8 Å². The molecule has 0 aliphatic carbocycles. The number of aromatic nitrogens is 1. The van der Waals surface area contributed by atoms with E-state index in [1.54, 1.807) is 18.0 Å². The summed E-state index contributed by atoms with van der Waals surface area (Å²) in [6.07, 6.45) is 3.68. The largest absolute Gasteiger partial charge is 0.349 e. The van der Waals surface area contributed by atoms with Crippen molar-refractivity contribution in [3.63, 3.8) is 0 Å². The summed E-state index contributed by atoms with van der Waals surface area (Å²) in [5.41, 5.74) is 0.996.